The van der Waals surface area contributed by atoms with Crippen LogP contribution in [0.25, 0.3) is 0 Å². The van der Waals surface area contributed by atoms with Gasteiger partial charge in [0, 0.05) is 31.1 Å². The summed E-state index contributed by atoms with van der Waals surface area (Å²) in [6.07, 6.45) is 4.56. The SMILES string of the molecule is C[C@H](N)CN1CCC(CN[C@@H]2CC2c2ccccc2)(Cc2ccc(F)cc2)CC1. The second-order valence-electron chi connectivity index (χ2n) is 9.32. The highest BCUT2D eigenvalue weighted by molar-refractivity contribution is 5.28. The highest BCUT2D eigenvalue weighted by Crippen LogP contribution is 2.42. The molecule has 29 heavy (non-hydrogen) atoms. The van der Waals surface area contributed by atoms with Gasteiger partial charge < -0.3 is 16.0 Å². The fraction of sp³-hybridized carbons (Fsp3) is 0.520. The fourth-order valence-electron chi connectivity index (χ4n) is 4.91. The Kier molecular flexibility index (Phi) is 6.33. The van der Waals surface area contributed by atoms with Crippen molar-refractivity contribution in [1.29, 1.82) is 0 Å². The number of nitrogens with one attached hydrogen (secondary N) is 1. The van der Waals surface area contributed by atoms with E-state index in [9.17, 15) is 4.39 Å². The van der Waals surface area contributed by atoms with E-state index < -0.39 is 0 Å². The van der Waals surface area contributed by atoms with Crippen molar-refractivity contribution >= 4 is 0 Å². The predicted molar refractivity (Wildman–Crippen MR) is 117 cm³/mol. The van der Waals surface area contributed by atoms with E-state index in [1.807, 2.05) is 12.1 Å². The van der Waals surface area contributed by atoms with Crippen molar-refractivity contribution in [3.05, 3.63) is 71.5 Å². The molecule has 0 spiro atoms. The Balaban J connectivity index is 1.39. The van der Waals surface area contributed by atoms with Gasteiger partial charge in [0.1, 0.15) is 5.82 Å². The van der Waals surface area contributed by atoms with Crippen LogP contribution < -0.4 is 11.1 Å². The van der Waals surface area contributed by atoms with Crippen LogP contribution in [0, 0.1) is 11.2 Å². The number of nitrogens with zero attached hydrogens (tertiary/aromatic N) is 1. The van der Waals surface area contributed by atoms with Gasteiger partial charge in [-0.25, -0.2) is 4.39 Å². The molecule has 1 aliphatic carbocycles. The molecule has 0 radical (unpaired) electrons. The van der Waals surface area contributed by atoms with Crippen molar-refractivity contribution in [2.24, 2.45) is 11.1 Å². The van der Waals surface area contributed by atoms with Crippen LogP contribution in [-0.4, -0.2) is 43.2 Å². The average Bonchev–Trinajstić information content (AvgIpc) is 3.50. The first-order valence-electron chi connectivity index (χ1n) is 11.0. The van der Waals surface area contributed by atoms with Gasteiger partial charge in [0.15, 0.2) is 0 Å². The van der Waals surface area contributed by atoms with Gasteiger partial charge in [-0.15, -0.1) is 0 Å². The minimum absolute atomic E-state index is 0.156. The molecule has 2 fully saturated rings. The zero-order chi connectivity index (χ0) is 20.3. The lowest BCUT2D eigenvalue weighted by Crippen LogP contribution is -2.49. The first kappa shape index (κ1) is 20.5. The summed E-state index contributed by atoms with van der Waals surface area (Å²) in [6.45, 7) is 6.27. The highest BCUT2D eigenvalue weighted by atomic mass is 19.1. The van der Waals surface area contributed by atoms with Gasteiger partial charge >= 0.3 is 0 Å². The Labute approximate surface area is 174 Å². The van der Waals surface area contributed by atoms with Crippen LogP contribution in [0.5, 0.6) is 0 Å². The molecule has 1 heterocycles. The summed E-state index contributed by atoms with van der Waals surface area (Å²) in [5, 5.41) is 3.89. The maximum atomic E-state index is 13.4. The Bertz CT molecular complexity index is 766. The molecule has 156 valence electrons. The standard InChI is InChI=1S/C25H34FN3/c1-19(27)17-29-13-11-25(12-14-29,16-20-7-9-22(26)10-8-20)18-28-24-15-23(24)21-5-3-2-4-6-21/h2-10,19,23-24,28H,11-18,27H2,1H3/t19-,23?,24+/m0/s1. The summed E-state index contributed by atoms with van der Waals surface area (Å²) in [5.74, 6) is 0.494. The number of piperidine rings is 1. The van der Waals surface area contributed by atoms with E-state index in [0.717, 1.165) is 45.4 Å². The number of hydrogen-bond acceptors (Lipinski definition) is 3. The second kappa shape index (κ2) is 8.95. The summed E-state index contributed by atoms with van der Waals surface area (Å²) < 4.78 is 13.4. The van der Waals surface area contributed by atoms with Gasteiger partial charge in [0.25, 0.3) is 0 Å². The molecule has 3 nitrogen and oxygen atoms in total. The van der Waals surface area contributed by atoms with Crippen LogP contribution in [0.1, 0.15) is 43.2 Å². The molecule has 0 aromatic heterocycles. The van der Waals surface area contributed by atoms with Gasteiger partial charge in [-0.05, 0) is 74.4 Å². The summed E-state index contributed by atoms with van der Waals surface area (Å²) in [5.41, 5.74) is 8.94. The van der Waals surface area contributed by atoms with E-state index in [4.69, 9.17) is 5.73 Å². The third kappa shape index (κ3) is 5.44. The number of benzene rings is 2. The van der Waals surface area contributed by atoms with E-state index in [1.54, 1.807) is 12.1 Å². The van der Waals surface area contributed by atoms with Crippen molar-refractivity contribution in [2.45, 2.75) is 50.6 Å². The molecule has 3 atom stereocenters. The maximum Gasteiger partial charge on any atom is 0.123 e. The third-order valence-electron chi connectivity index (χ3n) is 6.71. The lowest BCUT2D eigenvalue weighted by Gasteiger charge is -2.43. The summed E-state index contributed by atoms with van der Waals surface area (Å²) >= 11 is 0. The topological polar surface area (TPSA) is 41.3 Å². The number of hydrogen-bond donors (Lipinski definition) is 2. The molecule has 0 bridgehead atoms. The Morgan fingerprint density at radius 1 is 1.10 bits per heavy atom. The Morgan fingerprint density at radius 3 is 2.45 bits per heavy atom. The predicted octanol–water partition coefficient (Wildman–Crippen LogP) is 3.94. The minimum Gasteiger partial charge on any atom is -0.327 e. The summed E-state index contributed by atoms with van der Waals surface area (Å²) in [6, 6.07) is 18.7. The zero-order valence-corrected chi connectivity index (χ0v) is 17.5. The fourth-order valence-corrected chi connectivity index (χ4v) is 4.91. The highest BCUT2D eigenvalue weighted by Gasteiger charge is 2.41. The molecule has 1 aliphatic heterocycles. The molecule has 4 rings (SSSR count). The van der Waals surface area contributed by atoms with Gasteiger partial charge in [-0.1, -0.05) is 42.5 Å². The largest absolute Gasteiger partial charge is 0.327 e. The second-order valence-corrected chi connectivity index (χ2v) is 9.32. The smallest absolute Gasteiger partial charge is 0.123 e. The van der Waals surface area contributed by atoms with Crippen LogP contribution >= 0.6 is 0 Å². The average molecular weight is 396 g/mol. The first-order chi connectivity index (χ1) is 14.0. The van der Waals surface area contributed by atoms with Crippen molar-refractivity contribution in [3.8, 4) is 0 Å². The molecule has 1 saturated heterocycles. The summed E-state index contributed by atoms with van der Waals surface area (Å²) in [4.78, 5) is 2.50. The molecule has 2 aromatic rings. The van der Waals surface area contributed by atoms with Crippen LogP contribution in [0.2, 0.25) is 0 Å². The van der Waals surface area contributed by atoms with E-state index in [-0.39, 0.29) is 17.3 Å². The summed E-state index contributed by atoms with van der Waals surface area (Å²) in [7, 11) is 0. The molecular formula is C25H34FN3. The molecular weight excluding hydrogens is 361 g/mol. The van der Waals surface area contributed by atoms with Crippen molar-refractivity contribution in [3.63, 3.8) is 0 Å². The van der Waals surface area contributed by atoms with Gasteiger partial charge in [0.05, 0.1) is 0 Å². The molecule has 2 aliphatic rings. The van der Waals surface area contributed by atoms with Crippen LogP contribution in [0.3, 0.4) is 0 Å². The van der Waals surface area contributed by atoms with Crippen LogP contribution in [0.4, 0.5) is 4.39 Å². The number of likely N-dealkylation sites (tertiary alicyclic amines) is 1. The van der Waals surface area contributed by atoms with E-state index >= 15 is 0 Å². The monoisotopic (exact) mass is 395 g/mol. The molecule has 1 saturated carbocycles. The molecule has 0 amide bonds. The normalized spacial score (nSPS) is 24.9. The molecule has 2 aromatic carbocycles. The maximum absolute atomic E-state index is 13.4. The number of nitrogens with two attached hydrogens (primary N) is 1. The van der Waals surface area contributed by atoms with Gasteiger partial charge in [-0.2, -0.15) is 0 Å². The molecule has 3 N–H and O–H groups in total. The molecule has 4 heteroatoms. The van der Waals surface area contributed by atoms with Crippen molar-refractivity contribution < 1.29 is 4.39 Å². The van der Waals surface area contributed by atoms with Crippen LogP contribution in [0.15, 0.2) is 54.6 Å². The van der Waals surface area contributed by atoms with Gasteiger partial charge in [0.2, 0.25) is 0 Å². The lowest BCUT2D eigenvalue weighted by atomic mass is 9.73. The van der Waals surface area contributed by atoms with Gasteiger partial charge in [-0.3, -0.25) is 0 Å². The zero-order valence-electron chi connectivity index (χ0n) is 17.5. The molecule has 1 unspecified atom stereocenters. The van der Waals surface area contributed by atoms with E-state index in [0.29, 0.717) is 12.0 Å². The minimum atomic E-state index is -0.156. The van der Waals surface area contributed by atoms with Crippen LogP contribution in [-0.2, 0) is 6.42 Å². The first-order valence-corrected chi connectivity index (χ1v) is 11.0. The number of halogens is 1. The third-order valence-corrected chi connectivity index (χ3v) is 6.71. The quantitative estimate of drug-likeness (QED) is 0.711. The number of rotatable bonds is 8. The lowest BCUT2D eigenvalue weighted by molar-refractivity contribution is 0.0978. The van der Waals surface area contributed by atoms with Crippen molar-refractivity contribution in [1.82, 2.24) is 10.2 Å². The Hall–Kier alpha value is -1.75. The Morgan fingerprint density at radius 2 is 1.79 bits per heavy atom. The van der Waals surface area contributed by atoms with E-state index in [2.05, 4.69) is 47.5 Å². The van der Waals surface area contributed by atoms with E-state index in [1.165, 1.54) is 17.5 Å². The van der Waals surface area contributed by atoms with Crippen molar-refractivity contribution in [2.75, 3.05) is 26.2 Å².